The number of ether oxygens (including phenoxy) is 1. The Hall–Kier alpha value is -4.13. The van der Waals surface area contributed by atoms with Crippen molar-refractivity contribution in [2.45, 2.75) is 84.7 Å². The number of amides is 2. The first-order valence-electron chi connectivity index (χ1n) is 20.6. The molecule has 0 radical (unpaired) electrons. The highest BCUT2D eigenvalue weighted by Gasteiger charge is 2.49. The van der Waals surface area contributed by atoms with Crippen molar-refractivity contribution in [3.05, 3.63) is 83.4 Å². The molecule has 3 fully saturated rings. The molecular formula is C46H63N5O6. The number of carbonyl (C=O) groups is 2. The highest BCUT2D eigenvalue weighted by Crippen LogP contribution is 2.45. The Morgan fingerprint density at radius 2 is 1.86 bits per heavy atom. The van der Waals surface area contributed by atoms with E-state index < -0.39 is 30.1 Å². The second-order valence-electron chi connectivity index (χ2n) is 17.5. The Morgan fingerprint density at radius 1 is 1.11 bits per heavy atom. The van der Waals surface area contributed by atoms with Crippen LogP contribution in [0.3, 0.4) is 0 Å². The third-order valence-electron chi connectivity index (χ3n) is 12.8. The number of benzene rings is 3. The summed E-state index contributed by atoms with van der Waals surface area (Å²) >= 11 is 0. The van der Waals surface area contributed by atoms with Gasteiger partial charge in [-0.25, -0.2) is 4.99 Å². The molecule has 11 heteroatoms. The van der Waals surface area contributed by atoms with Crippen molar-refractivity contribution in [2.24, 2.45) is 34.1 Å². The SMILES string of the molecule is COc1c(CN2O[C@@H](CO)C([C@H](C)O)[C@H]2C(=O)N=CC2C[C@@H](C)C(C)(C)C[C@@H]2C)cccc1-c1cc(C(=O)N2CCNC[C@@H]2Cc2ccccc2)cc(N(C)C)c1. The molecule has 3 aliphatic rings. The maximum atomic E-state index is 14.4. The Labute approximate surface area is 339 Å². The second-order valence-corrected chi connectivity index (χ2v) is 17.5. The monoisotopic (exact) mass is 781 g/mol. The van der Waals surface area contributed by atoms with Gasteiger partial charge in [0.25, 0.3) is 11.8 Å². The predicted octanol–water partition coefficient (Wildman–Crippen LogP) is 5.86. The summed E-state index contributed by atoms with van der Waals surface area (Å²) in [6, 6.07) is 21.1. The van der Waals surface area contributed by atoms with Crippen LogP contribution < -0.4 is 15.0 Å². The molecule has 1 aliphatic carbocycles. The molecule has 1 saturated carbocycles. The van der Waals surface area contributed by atoms with Crippen molar-refractivity contribution in [1.29, 1.82) is 0 Å². The van der Waals surface area contributed by atoms with E-state index in [2.05, 4.69) is 50.1 Å². The molecule has 8 atom stereocenters. The van der Waals surface area contributed by atoms with Crippen LogP contribution in [0.4, 0.5) is 5.69 Å². The molecule has 2 aliphatic heterocycles. The lowest BCUT2D eigenvalue weighted by Gasteiger charge is -2.43. The predicted molar refractivity (Wildman–Crippen MR) is 225 cm³/mol. The molecule has 3 aromatic rings. The van der Waals surface area contributed by atoms with Crippen molar-refractivity contribution in [3.8, 4) is 16.9 Å². The molecule has 3 aromatic carbocycles. The summed E-state index contributed by atoms with van der Waals surface area (Å²) in [5, 5.41) is 26.3. The van der Waals surface area contributed by atoms with Gasteiger partial charge in [0, 0.05) is 74.3 Å². The Morgan fingerprint density at radius 3 is 2.54 bits per heavy atom. The quantitative estimate of drug-likeness (QED) is 0.194. The van der Waals surface area contributed by atoms with Crippen LogP contribution in [0.5, 0.6) is 5.75 Å². The van der Waals surface area contributed by atoms with Gasteiger partial charge in [0.2, 0.25) is 0 Å². The van der Waals surface area contributed by atoms with E-state index in [4.69, 9.17) is 9.57 Å². The maximum absolute atomic E-state index is 14.4. The Bertz CT molecular complexity index is 1880. The van der Waals surface area contributed by atoms with Crippen molar-refractivity contribution in [3.63, 3.8) is 0 Å². The van der Waals surface area contributed by atoms with Gasteiger partial charge in [0.05, 0.1) is 26.4 Å². The fraction of sp³-hybridized carbons (Fsp3) is 0.543. The van der Waals surface area contributed by atoms with Gasteiger partial charge >= 0.3 is 0 Å². The number of hydroxylamine groups is 2. The van der Waals surface area contributed by atoms with Crippen molar-refractivity contribution >= 4 is 23.7 Å². The molecule has 0 aromatic heterocycles. The van der Waals surface area contributed by atoms with Crippen molar-refractivity contribution in [2.75, 3.05) is 52.3 Å². The van der Waals surface area contributed by atoms with E-state index >= 15 is 0 Å². The summed E-state index contributed by atoms with van der Waals surface area (Å²) in [7, 11) is 5.53. The van der Waals surface area contributed by atoms with Gasteiger partial charge in [-0.2, -0.15) is 5.06 Å². The van der Waals surface area contributed by atoms with E-state index in [1.54, 1.807) is 19.1 Å². The molecule has 3 N–H and O–H groups in total. The van der Waals surface area contributed by atoms with Crippen LogP contribution in [-0.4, -0.2) is 110 Å². The number of aliphatic hydroxyl groups is 2. The fourth-order valence-electron chi connectivity index (χ4n) is 9.21. The molecule has 57 heavy (non-hydrogen) atoms. The summed E-state index contributed by atoms with van der Waals surface area (Å²) in [6.07, 6.45) is 2.84. The third-order valence-corrected chi connectivity index (χ3v) is 12.8. The van der Waals surface area contributed by atoms with Gasteiger partial charge in [-0.05, 0) is 78.7 Å². The van der Waals surface area contributed by atoms with Gasteiger partial charge in [-0.1, -0.05) is 76.2 Å². The first-order chi connectivity index (χ1) is 27.2. The topological polar surface area (TPSA) is 127 Å². The van der Waals surface area contributed by atoms with E-state index in [9.17, 15) is 19.8 Å². The summed E-state index contributed by atoms with van der Waals surface area (Å²) in [5.74, 6) is 0.477. The summed E-state index contributed by atoms with van der Waals surface area (Å²) in [4.78, 5) is 43.3. The fourth-order valence-corrected chi connectivity index (χ4v) is 9.21. The smallest absolute Gasteiger partial charge is 0.265 e. The maximum Gasteiger partial charge on any atom is 0.265 e. The van der Waals surface area contributed by atoms with Crippen LogP contribution in [0.2, 0.25) is 0 Å². The van der Waals surface area contributed by atoms with Crippen LogP contribution in [-0.2, 0) is 22.6 Å². The number of hydrogen-bond donors (Lipinski definition) is 3. The number of aliphatic imine (C=N–C) groups is 1. The lowest BCUT2D eigenvalue weighted by molar-refractivity contribution is -0.180. The lowest BCUT2D eigenvalue weighted by Crippen LogP contribution is -2.54. The van der Waals surface area contributed by atoms with Gasteiger partial charge in [-0.3, -0.25) is 14.4 Å². The van der Waals surface area contributed by atoms with Crippen LogP contribution in [0.1, 0.15) is 68.9 Å². The van der Waals surface area contributed by atoms with Crippen LogP contribution in [0, 0.1) is 29.1 Å². The number of piperazine rings is 1. The van der Waals surface area contributed by atoms with Crippen molar-refractivity contribution < 1.29 is 29.4 Å². The van der Waals surface area contributed by atoms with Gasteiger partial charge in [0.1, 0.15) is 17.9 Å². The number of nitrogens with one attached hydrogen (secondary N) is 1. The zero-order valence-electron chi connectivity index (χ0n) is 35.0. The number of aliphatic hydroxyl groups excluding tert-OH is 2. The number of anilines is 1. The minimum absolute atomic E-state index is 0.00779. The van der Waals surface area contributed by atoms with Crippen LogP contribution in [0.25, 0.3) is 11.1 Å². The minimum atomic E-state index is -0.938. The molecule has 308 valence electrons. The molecule has 11 nitrogen and oxygen atoms in total. The van der Waals surface area contributed by atoms with E-state index in [-0.39, 0.29) is 36.4 Å². The number of para-hydroxylation sites is 1. The first kappa shape index (κ1) is 42.5. The molecular weight excluding hydrogens is 719 g/mol. The van der Waals surface area contributed by atoms with Gasteiger partial charge in [-0.15, -0.1) is 0 Å². The summed E-state index contributed by atoms with van der Waals surface area (Å²) < 4.78 is 6.12. The highest BCUT2D eigenvalue weighted by atomic mass is 16.7. The number of methoxy groups -OCH3 is 1. The number of carbonyl (C=O) groups excluding carboxylic acids is 2. The Balaban J connectivity index is 1.30. The van der Waals surface area contributed by atoms with Crippen LogP contribution in [0.15, 0.2) is 71.7 Å². The lowest BCUT2D eigenvalue weighted by atomic mass is 9.62. The molecule has 2 saturated heterocycles. The van der Waals surface area contributed by atoms with Crippen LogP contribution >= 0.6 is 0 Å². The molecule has 6 rings (SSSR count). The zero-order chi connectivity index (χ0) is 41.0. The molecule has 0 bridgehead atoms. The average Bonchev–Trinajstić information content (AvgIpc) is 3.57. The standard InChI is InChI=1S/C46H63N5O6/c1-29-24-46(4,5)30(2)19-36(29)25-48-44(54)42-41(31(3)53)40(28-52)57-51(42)27-33-15-12-16-39(43(33)56-8)34-21-35(23-37(22-34)49(6)7)45(55)50-18-17-47-26-38(50)20-32-13-10-9-11-14-32/h9-16,21-23,25,29-31,36,38,40-42,47,52-53H,17-20,24,26-28H2,1-8H3/t29-,30+,31-,36?,38-,40-,41?,42-/m0/s1. The number of hydrogen-bond acceptors (Lipinski definition) is 9. The normalized spacial score (nSPS) is 27.1. The molecule has 2 amide bonds. The molecule has 0 spiro atoms. The average molecular weight is 782 g/mol. The largest absolute Gasteiger partial charge is 0.496 e. The van der Waals surface area contributed by atoms with E-state index in [1.807, 2.05) is 84.7 Å². The Kier molecular flexibility index (Phi) is 13.6. The minimum Gasteiger partial charge on any atom is -0.496 e. The van der Waals surface area contributed by atoms with Gasteiger partial charge < -0.3 is 30.1 Å². The summed E-state index contributed by atoms with van der Waals surface area (Å²) in [5.41, 5.74) is 5.21. The molecule has 2 unspecified atom stereocenters. The molecule has 2 heterocycles. The number of nitrogens with zero attached hydrogens (tertiary/aromatic N) is 4. The van der Waals surface area contributed by atoms with E-state index in [0.29, 0.717) is 36.2 Å². The number of rotatable bonds is 12. The zero-order valence-corrected chi connectivity index (χ0v) is 35.0. The van der Waals surface area contributed by atoms with E-state index in [1.165, 1.54) is 5.56 Å². The summed E-state index contributed by atoms with van der Waals surface area (Å²) in [6.45, 7) is 12.5. The van der Waals surface area contributed by atoms with E-state index in [0.717, 1.165) is 48.2 Å². The highest BCUT2D eigenvalue weighted by molar-refractivity contribution is 5.97. The van der Waals surface area contributed by atoms with Crippen molar-refractivity contribution in [1.82, 2.24) is 15.3 Å². The third kappa shape index (κ3) is 9.44. The second kappa shape index (κ2) is 18.2. The first-order valence-corrected chi connectivity index (χ1v) is 20.6. The van der Waals surface area contributed by atoms with Gasteiger partial charge in [0.15, 0.2) is 0 Å².